The average molecular weight is 654 g/mol. The Morgan fingerprint density at radius 1 is 1.15 bits per heavy atom. The summed E-state index contributed by atoms with van der Waals surface area (Å²) < 4.78 is 5.67. The Hall–Kier alpha value is -3.93. The van der Waals surface area contributed by atoms with Crippen LogP contribution < -0.4 is 15.4 Å². The highest BCUT2D eigenvalue weighted by Crippen LogP contribution is 2.34. The van der Waals surface area contributed by atoms with Gasteiger partial charge in [0.1, 0.15) is 18.1 Å². The fourth-order valence-corrected chi connectivity index (χ4v) is 6.49. The van der Waals surface area contributed by atoms with Crippen molar-refractivity contribution in [1.82, 2.24) is 20.0 Å². The van der Waals surface area contributed by atoms with Crippen molar-refractivity contribution in [2.24, 2.45) is 15.4 Å². The molecule has 260 valence electrons. The predicted octanol–water partition coefficient (Wildman–Crippen LogP) is 4.83. The summed E-state index contributed by atoms with van der Waals surface area (Å²) in [6.07, 6.45) is 7.99. The summed E-state index contributed by atoms with van der Waals surface area (Å²) in [7, 11) is 3.38. The lowest BCUT2D eigenvalue weighted by molar-refractivity contribution is -0.137. The first kappa shape index (κ1) is 37.5. The van der Waals surface area contributed by atoms with E-state index in [1.54, 1.807) is 31.3 Å². The van der Waals surface area contributed by atoms with Gasteiger partial charge in [0.15, 0.2) is 5.84 Å². The molecule has 0 radical (unpaired) electrons. The van der Waals surface area contributed by atoms with Gasteiger partial charge in [-0.2, -0.15) is 0 Å². The molecule has 3 aliphatic rings. The van der Waals surface area contributed by atoms with Crippen LogP contribution in [0.3, 0.4) is 0 Å². The summed E-state index contributed by atoms with van der Waals surface area (Å²) in [4.78, 5) is 50.9. The van der Waals surface area contributed by atoms with Crippen molar-refractivity contribution < 1.29 is 24.2 Å². The van der Waals surface area contributed by atoms with Crippen LogP contribution in [0, 0.1) is 5.41 Å². The van der Waals surface area contributed by atoms with E-state index in [2.05, 4.69) is 52.9 Å². The van der Waals surface area contributed by atoms with Crippen molar-refractivity contribution in [1.29, 1.82) is 0 Å². The molecule has 2 heterocycles. The number of amidine groups is 1. The molecule has 1 saturated carbocycles. The van der Waals surface area contributed by atoms with Gasteiger partial charge in [0, 0.05) is 56.8 Å². The number of hydrogen-bond donors (Lipinski definition) is 3. The van der Waals surface area contributed by atoms with E-state index in [1.807, 2.05) is 26.0 Å². The number of likely N-dealkylation sites (N-methyl/N-ethyl adjacent to an activating group) is 1. The molecule has 0 unspecified atom stereocenters. The second kappa shape index (κ2) is 16.3. The van der Waals surface area contributed by atoms with Gasteiger partial charge in [-0.15, -0.1) is 0 Å². The minimum atomic E-state index is -0.833. The molecule has 1 aliphatic carbocycles. The number of piperidine rings is 1. The second-order valence-electron chi connectivity index (χ2n) is 14.2. The van der Waals surface area contributed by atoms with E-state index in [0.717, 1.165) is 57.2 Å². The molecule has 0 aromatic heterocycles. The Balaban J connectivity index is 0.00000142. The molecule has 0 bridgehead atoms. The van der Waals surface area contributed by atoms with Gasteiger partial charge in [0.25, 0.3) is 11.9 Å². The Morgan fingerprint density at radius 3 is 2.32 bits per heavy atom. The SMILES string of the molecule is C=N/C=C1\C(=N/CNc2ccc(C(=O)NC3CCN(C(C)(C)C)CC3)cc2OC)N(C2CCCC2)CC(C)(C)C(=O)N1C.CC(=O)O. The first-order valence-electron chi connectivity index (χ1n) is 16.5. The van der Waals surface area contributed by atoms with Gasteiger partial charge >= 0.3 is 0 Å². The van der Waals surface area contributed by atoms with Crippen molar-refractivity contribution in [2.45, 2.75) is 97.7 Å². The fourth-order valence-electron chi connectivity index (χ4n) is 6.49. The van der Waals surface area contributed by atoms with E-state index in [-0.39, 0.29) is 30.1 Å². The van der Waals surface area contributed by atoms with Gasteiger partial charge in [0.05, 0.1) is 24.4 Å². The van der Waals surface area contributed by atoms with Crippen LogP contribution in [0.2, 0.25) is 0 Å². The summed E-state index contributed by atoms with van der Waals surface area (Å²) in [5.74, 6) is 0.410. The van der Waals surface area contributed by atoms with Gasteiger partial charge in [0.2, 0.25) is 5.91 Å². The number of carboxylic acids is 1. The first-order chi connectivity index (χ1) is 22.1. The summed E-state index contributed by atoms with van der Waals surface area (Å²) in [6.45, 7) is 18.2. The van der Waals surface area contributed by atoms with Crippen molar-refractivity contribution in [2.75, 3.05) is 45.8 Å². The van der Waals surface area contributed by atoms with E-state index in [4.69, 9.17) is 19.6 Å². The highest BCUT2D eigenvalue weighted by molar-refractivity contribution is 6.04. The van der Waals surface area contributed by atoms with E-state index in [0.29, 0.717) is 29.6 Å². The third-order valence-corrected chi connectivity index (χ3v) is 9.03. The van der Waals surface area contributed by atoms with Gasteiger partial charge < -0.3 is 30.3 Å². The van der Waals surface area contributed by atoms with Crippen molar-refractivity contribution in [3.05, 3.63) is 35.7 Å². The molecule has 2 amide bonds. The van der Waals surface area contributed by atoms with E-state index >= 15 is 0 Å². The molecule has 12 nitrogen and oxygen atoms in total. The van der Waals surface area contributed by atoms with E-state index in [1.165, 1.54) is 12.8 Å². The number of anilines is 1. The molecule has 0 spiro atoms. The van der Waals surface area contributed by atoms with Crippen LogP contribution in [0.4, 0.5) is 5.69 Å². The maximum atomic E-state index is 13.4. The summed E-state index contributed by atoms with van der Waals surface area (Å²) >= 11 is 0. The van der Waals surface area contributed by atoms with Gasteiger partial charge in [-0.05, 0) is 85.2 Å². The number of hydrogen-bond acceptors (Lipinski definition) is 8. The largest absolute Gasteiger partial charge is 0.495 e. The quantitative estimate of drug-likeness (QED) is 0.339. The zero-order chi connectivity index (χ0) is 34.9. The first-order valence-corrected chi connectivity index (χ1v) is 16.5. The predicted molar refractivity (Wildman–Crippen MR) is 187 cm³/mol. The van der Waals surface area contributed by atoms with Crippen LogP contribution in [0.5, 0.6) is 5.75 Å². The van der Waals surface area contributed by atoms with E-state index < -0.39 is 11.4 Å². The number of methoxy groups -OCH3 is 1. The Morgan fingerprint density at radius 2 is 1.77 bits per heavy atom. The topological polar surface area (TPSA) is 139 Å². The van der Waals surface area contributed by atoms with Crippen molar-refractivity contribution >= 4 is 36.0 Å². The minimum Gasteiger partial charge on any atom is -0.495 e. The zero-order valence-electron chi connectivity index (χ0n) is 29.6. The minimum absolute atomic E-state index is 0.0267. The number of likely N-dealkylation sites (tertiary alicyclic amines) is 1. The lowest BCUT2D eigenvalue weighted by atomic mass is 9.91. The highest BCUT2D eigenvalue weighted by Gasteiger charge is 2.42. The van der Waals surface area contributed by atoms with Crippen LogP contribution in [-0.2, 0) is 9.59 Å². The molecule has 2 saturated heterocycles. The van der Waals surface area contributed by atoms with Gasteiger partial charge in [-0.1, -0.05) is 12.8 Å². The number of carboxylic acid groups (broad SMARTS) is 1. The average Bonchev–Trinajstić information content (AvgIpc) is 3.53. The smallest absolute Gasteiger partial charge is 0.300 e. The van der Waals surface area contributed by atoms with Gasteiger partial charge in [-0.3, -0.25) is 24.3 Å². The number of benzene rings is 1. The molecule has 4 rings (SSSR count). The number of nitrogens with zero attached hydrogens (tertiary/aromatic N) is 5. The van der Waals surface area contributed by atoms with E-state index in [9.17, 15) is 9.59 Å². The van der Waals surface area contributed by atoms with Crippen LogP contribution in [-0.4, -0.2) is 108 Å². The highest BCUT2D eigenvalue weighted by atomic mass is 16.5. The normalized spacial score (nSPS) is 21.2. The Kier molecular flexibility index (Phi) is 13.0. The zero-order valence-corrected chi connectivity index (χ0v) is 29.6. The number of aliphatic carboxylic acids is 1. The summed E-state index contributed by atoms with van der Waals surface area (Å²) in [5, 5.41) is 14.0. The number of carbonyl (C=O) groups excluding carboxylic acids is 2. The van der Waals surface area contributed by atoms with Crippen molar-refractivity contribution in [3.8, 4) is 5.75 Å². The number of nitrogens with one attached hydrogen (secondary N) is 2. The molecule has 12 heteroatoms. The molecule has 47 heavy (non-hydrogen) atoms. The summed E-state index contributed by atoms with van der Waals surface area (Å²) in [5.41, 5.74) is 1.51. The molecular formula is C35H55N7O5. The van der Waals surface area contributed by atoms with Crippen LogP contribution in [0.1, 0.15) is 90.4 Å². The van der Waals surface area contributed by atoms with Crippen molar-refractivity contribution in [3.63, 3.8) is 0 Å². The molecule has 3 fully saturated rings. The second-order valence-corrected chi connectivity index (χ2v) is 14.2. The molecular weight excluding hydrogens is 598 g/mol. The number of ether oxygens (including phenoxy) is 1. The Labute approximate surface area is 280 Å². The lowest BCUT2D eigenvalue weighted by Gasteiger charge is -2.41. The van der Waals surface area contributed by atoms with Crippen LogP contribution in [0.15, 0.2) is 40.1 Å². The molecule has 3 N–H and O–H groups in total. The third kappa shape index (κ3) is 10.0. The molecule has 0 atom stereocenters. The number of aliphatic imine (C=N–C) groups is 2. The number of carbonyl (C=O) groups is 3. The number of rotatable bonds is 8. The van der Waals surface area contributed by atoms with Crippen LogP contribution in [0.25, 0.3) is 0 Å². The fraction of sp³-hybridized carbons (Fsp3) is 0.629. The lowest BCUT2D eigenvalue weighted by Crippen LogP contribution is -2.50. The molecule has 1 aromatic carbocycles. The molecule has 2 aliphatic heterocycles. The summed E-state index contributed by atoms with van der Waals surface area (Å²) in [6, 6.07) is 5.93. The monoisotopic (exact) mass is 653 g/mol. The standard InChI is InChI=1S/C33H51N7O3.C2H4O2/c1-32(2,3)39-17-15-24(16-18-39)37-30(41)23-13-14-26(28(19-23)43-8)35-22-36-29-27(20-34-6)38(7)31(42)33(4,5)21-40(29)25-11-9-10-12-25;1-2(3)4/h13-14,19-20,24-25,35H,6,9-12,15-18,21-22H2,1-5,7-8H3,(H,37,41);1H3,(H,3,4)/b27-20+,36-29+;. The van der Waals surface area contributed by atoms with Crippen LogP contribution >= 0.6 is 0 Å². The maximum Gasteiger partial charge on any atom is 0.300 e. The maximum absolute atomic E-state index is 13.4. The number of amides is 2. The Bertz CT molecular complexity index is 1330. The van der Waals surface area contributed by atoms with Gasteiger partial charge in [-0.25, -0.2) is 4.99 Å². The molecule has 1 aromatic rings. The third-order valence-electron chi connectivity index (χ3n) is 9.03.